The number of nitrogens with one attached hydrogen (secondary N) is 1. The lowest BCUT2D eigenvalue weighted by atomic mass is 10.1. The first kappa shape index (κ1) is 17.1. The molecule has 6 heteroatoms. The standard InChI is InChI=1S/C15H22N2O4/c1-21-9-5-8-13(15(19)20)17-14(18)12(16)10-11-6-3-2-4-7-11/h2-4,6-7,12-13H,5,8-10,16H2,1H3,(H,17,18)(H,19,20)/t12-,13?/m0/s1. The van der Waals surface area contributed by atoms with Crippen molar-refractivity contribution in [3.8, 4) is 0 Å². The quantitative estimate of drug-likeness (QED) is 0.577. The van der Waals surface area contributed by atoms with Crippen molar-refractivity contribution in [3.63, 3.8) is 0 Å². The lowest BCUT2D eigenvalue weighted by Gasteiger charge is -2.17. The maximum Gasteiger partial charge on any atom is 0.326 e. The number of carbonyl (C=O) groups excluding carboxylic acids is 1. The SMILES string of the molecule is COCCCC(NC(=O)[C@@H](N)Cc1ccccc1)C(=O)O. The van der Waals surface area contributed by atoms with Crippen LogP contribution in [0.4, 0.5) is 0 Å². The summed E-state index contributed by atoms with van der Waals surface area (Å²) in [6.45, 7) is 0.454. The number of carboxylic acids is 1. The molecule has 0 bridgehead atoms. The van der Waals surface area contributed by atoms with E-state index >= 15 is 0 Å². The fraction of sp³-hybridized carbons (Fsp3) is 0.467. The first-order valence-electron chi connectivity index (χ1n) is 6.86. The van der Waals surface area contributed by atoms with E-state index in [1.165, 1.54) is 0 Å². The predicted molar refractivity (Wildman–Crippen MR) is 78.8 cm³/mol. The lowest BCUT2D eigenvalue weighted by molar-refractivity contribution is -0.142. The van der Waals surface area contributed by atoms with Gasteiger partial charge in [0.05, 0.1) is 6.04 Å². The second-order valence-electron chi connectivity index (χ2n) is 4.83. The Hall–Kier alpha value is -1.92. The number of methoxy groups -OCH3 is 1. The number of aliphatic carboxylic acids is 1. The zero-order chi connectivity index (χ0) is 15.7. The number of benzene rings is 1. The van der Waals surface area contributed by atoms with Gasteiger partial charge in [0.2, 0.25) is 5.91 Å². The first-order valence-corrected chi connectivity index (χ1v) is 6.86. The zero-order valence-corrected chi connectivity index (χ0v) is 12.1. The molecule has 1 aromatic carbocycles. The highest BCUT2D eigenvalue weighted by molar-refractivity contribution is 5.86. The number of nitrogens with two attached hydrogens (primary N) is 1. The molecule has 0 aliphatic rings. The van der Waals surface area contributed by atoms with Crippen molar-refractivity contribution in [1.82, 2.24) is 5.32 Å². The predicted octanol–water partition coefficient (Wildman–Crippen LogP) is 0.552. The Morgan fingerprint density at radius 2 is 2.00 bits per heavy atom. The van der Waals surface area contributed by atoms with Crippen LogP contribution in [0.5, 0.6) is 0 Å². The van der Waals surface area contributed by atoms with Crippen LogP contribution in [0.25, 0.3) is 0 Å². The van der Waals surface area contributed by atoms with Crippen LogP contribution in [0.3, 0.4) is 0 Å². The van der Waals surface area contributed by atoms with Gasteiger partial charge < -0.3 is 20.9 Å². The molecule has 2 atom stereocenters. The minimum Gasteiger partial charge on any atom is -0.480 e. The van der Waals surface area contributed by atoms with Gasteiger partial charge in [-0.05, 0) is 24.8 Å². The summed E-state index contributed by atoms with van der Waals surface area (Å²) < 4.78 is 4.87. The molecule has 1 aromatic rings. The number of ether oxygens (including phenoxy) is 1. The van der Waals surface area contributed by atoms with E-state index in [1.807, 2.05) is 30.3 Å². The molecule has 4 N–H and O–H groups in total. The normalized spacial score (nSPS) is 13.4. The van der Waals surface area contributed by atoms with Crippen LogP contribution in [0.15, 0.2) is 30.3 Å². The van der Waals surface area contributed by atoms with Crippen molar-refractivity contribution < 1.29 is 19.4 Å². The molecule has 0 radical (unpaired) electrons. The van der Waals surface area contributed by atoms with E-state index in [1.54, 1.807) is 7.11 Å². The number of carbonyl (C=O) groups is 2. The summed E-state index contributed by atoms with van der Waals surface area (Å²) in [6.07, 6.45) is 1.24. The van der Waals surface area contributed by atoms with Gasteiger partial charge in [0.1, 0.15) is 6.04 Å². The van der Waals surface area contributed by atoms with Gasteiger partial charge in [-0.15, -0.1) is 0 Å². The van der Waals surface area contributed by atoms with Crippen LogP contribution in [0, 0.1) is 0 Å². The Morgan fingerprint density at radius 3 is 2.57 bits per heavy atom. The molecular weight excluding hydrogens is 272 g/mol. The van der Waals surface area contributed by atoms with Crippen LogP contribution in [0.2, 0.25) is 0 Å². The van der Waals surface area contributed by atoms with Gasteiger partial charge in [-0.2, -0.15) is 0 Å². The number of rotatable bonds is 9. The molecule has 0 aliphatic heterocycles. The van der Waals surface area contributed by atoms with Crippen LogP contribution in [0.1, 0.15) is 18.4 Å². The molecule has 0 heterocycles. The van der Waals surface area contributed by atoms with E-state index in [2.05, 4.69) is 5.32 Å². The summed E-state index contributed by atoms with van der Waals surface area (Å²) in [5.74, 6) is -1.52. The summed E-state index contributed by atoms with van der Waals surface area (Å²) in [5.41, 5.74) is 6.76. The minimum atomic E-state index is -1.06. The largest absolute Gasteiger partial charge is 0.480 e. The van der Waals surface area contributed by atoms with Gasteiger partial charge in [0.25, 0.3) is 0 Å². The van der Waals surface area contributed by atoms with Crippen LogP contribution < -0.4 is 11.1 Å². The van der Waals surface area contributed by atoms with Crippen molar-refractivity contribution >= 4 is 11.9 Å². The highest BCUT2D eigenvalue weighted by Crippen LogP contribution is 2.03. The smallest absolute Gasteiger partial charge is 0.326 e. The van der Waals surface area contributed by atoms with Gasteiger partial charge in [0.15, 0.2) is 0 Å². The van der Waals surface area contributed by atoms with E-state index in [0.717, 1.165) is 5.56 Å². The molecule has 0 saturated heterocycles. The van der Waals surface area contributed by atoms with Crippen LogP contribution in [-0.2, 0) is 20.7 Å². The summed E-state index contributed by atoms with van der Waals surface area (Å²) in [7, 11) is 1.55. The molecule has 0 saturated carbocycles. The molecule has 1 unspecified atom stereocenters. The third kappa shape index (κ3) is 6.37. The van der Waals surface area contributed by atoms with E-state index in [-0.39, 0.29) is 0 Å². The molecule has 21 heavy (non-hydrogen) atoms. The fourth-order valence-corrected chi connectivity index (χ4v) is 1.93. The summed E-state index contributed by atoms with van der Waals surface area (Å²) >= 11 is 0. The van der Waals surface area contributed by atoms with Crippen molar-refractivity contribution in [3.05, 3.63) is 35.9 Å². The van der Waals surface area contributed by atoms with Crippen LogP contribution >= 0.6 is 0 Å². The lowest BCUT2D eigenvalue weighted by Crippen LogP contribution is -2.49. The van der Waals surface area contributed by atoms with Crippen molar-refractivity contribution in [2.75, 3.05) is 13.7 Å². The highest BCUT2D eigenvalue weighted by Gasteiger charge is 2.22. The molecule has 1 amide bonds. The maximum atomic E-state index is 12.0. The Morgan fingerprint density at radius 1 is 1.33 bits per heavy atom. The number of hydrogen-bond donors (Lipinski definition) is 3. The Kier molecular flexibility index (Phi) is 7.42. The minimum absolute atomic E-state index is 0.312. The third-order valence-electron chi connectivity index (χ3n) is 3.09. The number of amides is 1. The van der Waals surface area contributed by atoms with Crippen LogP contribution in [-0.4, -0.2) is 42.8 Å². The molecule has 1 rings (SSSR count). The van der Waals surface area contributed by atoms with Gasteiger partial charge in [-0.3, -0.25) is 4.79 Å². The summed E-state index contributed by atoms with van der Waals surface area (Å²) in [4.78, 5) is 23.1. The molecule has 6 nitrogen and oxygen atoms in total. The molecule has 0 aromatic heterocycles. The van der Waals surface area contributed by atoms with Crippen molar-refractivity contribution in [2.45, 2.75) is 31.3 Å². The Balaban J connectivity index is 2.50. The maximum absolute atomic E-state index is 12.0. The van der Waals surface area contributed by atoms with Gasteiger partial charge in [0, 0.05) is 13.7 Å². The third-order valence-corrected chi connectivity index (χ3v) is 3.09. The fourth-order valence-electron chi connectivity index (χ4n) is 1.93. The van der Waals surface area contributed by atoms with Crippen molar-refractivity contribution in [2.24, 2.45) is 5.73 Å². The van der Waals surface area contributed by atoms with E-state index in [9.17, 15) is 9.59 Å². The summed E-state index contributed by atoms with van der Waals surface area (Å²) in [5, 5.41) is 11.6. The highest BCUT2D eigenvalue weighted by atomic mass is 16.5. The number of carboxylic acid groups (broad SMARTS) is 1. The zero-order valence-electron chi connectivity index (χ0n) is 12.1. The Bertz CT molecular complexity index is 450. The average molecular weight is 294 g/mol. The van der Waals surface area contributed by atoms with Gasteiger partial charge in [-0.1, -0.05) is 30.3 Å². The number of hydrogen-bond acceptors (Lipinski definition) is 4. The molecule has 0 fully saturated rings. The average Bonchev–Trinajstić information content (AvgIpc) is 2.47. The molecule has 116 valence electrons. The van der Waals surface area contributed by atoms with Gasteiger partial charge in [-0.25, -0.2) is 4.79 Å². The Labute approximate surface area is 124 Å². The van der Waals surface area contributed by atoms with E-state index < -0.39 is 24.0 Å². The first-order chi connectivity index (χ1) is 10.0. The molecule has 0 aliphatic carbocycles. The molecule has 0 spiro atoms. The van der Waals surface area contributed by atoms with E-state index in [4.69, 9.17) is 15.6 Å². The monoisotopic (exact) mass is 294 g/mol. The second kappa shape index (κ2) is 9.10. The molecular formula is C15H22N2O4. The summed E-state index contributed by atoms with van der Waals surface area (Å²) in [6, 6.07) is 7.66. The second-order valence-corrected chi connectivity index (χ2v) is 4.83. The van der Waals surface area contributed by atoms with E-state index in [0.29, 0.717) is 25.9 Å². The van der Waals surface area contributed by atoms with Gasteiger partial charge >= 0.3 is 5.97 Å². The van der Waals surface area contributed by atoms with Crippen molar-refractivity contribution in [1.29, 1.82) is 0 Å². The topological polar surface area (TPSA) is 102 Å².